The third-order valence-electron chi connectivity index (χ3n) is 0.403. The van der Waals surface area contributed by atoms with E-state index in [-0.39, 0.29) is 23.4 Å². The number of aliphatic carboxylic acids is 1. The fraction of sp³-hybridized carbons (Fsp3) is 0.667. The van der Waals surface area contributed by atoms with Gasteiger partial charge in [0.05, 0.1) is 0 Å². The molecule has 0 heterocycles. The van der Waals surface area contributed by atoms with Crippen LogP contribution < -0.4 is 0 Å². The van der Waals surface area contributed by atoms with Gasteiger partial charge in [-0.05, 0) is 0 Å². The van der Waals surface area contributed by atoms with Crippen LogP contribution in [0.4, 0.5) is 0 Å². The average Bonchev–Trinajstić information content (AvgIpc) is 1.65. The number of hydrogen-bond acceptors (Lipinski definition) is 1. The molecule has 0 saturated heterocycles. The van der Waals surface area contributed by atoms with Crippen molar-refractivity contribution in [2.75, 3.05) is 4.43 Å². The zero-order valence-corrected chi connectivity index (χ0v) is 11.4. The SMILES string of the molecule is O=C(O)C(I)CI.[Zn]. The van der Waals surface area contributed by atoms with Gasteiger partial charge in [-0.2, -0.15) is 0 Å². The zero-order chi connectivity index (χ0) is 5.86. The second-order valence-electron chi connectivity index (χ2n) is 0.960. The summed E-state index contributed by atoms with van der Waals surface area (Å²) in [5.41, 5.74) is 0. The second-order valence-corrected chi connectivity index (χ2v) is 3.34. The van der Waals surface area contributed by atoms with E-state index in [9.17, 15) is 4.79 Å². The van der Waals surface area contributed by atoms with Crippen molar-refractivity contribution < 1.29 is 29.4 Å². The molecule has 0 aliphatic carbocycles. The predicted molar refractivity (Wildman–Crippen MR) is 44.3 cm³/mol. The fourth-order valence-corrected chi connectivity index (χ4v) is 0.443. The molecule has 1 unspecified atom stereocenters. The van der Waals surface area contributed by atoms with Crippen molar-refractivity contribution in [2.24, 2.45) is 0 Å². The van der Waals surface area contributed by atoms with Crippen molar-refractivity contribution in [3.63, 3.8) is 0 Å². The maximum Gasteiger partial charge on any atom is 0.317 e. The van der Waals surface area contributed by atoms with E-state index in [1.807, 2.05) is 45.2 Å². The van der Waals surface area contributed by atoms with Crippen LogP contribution in [0.2, 0.25) is 0 Å². The van der Waals surface area contributed by atoms with E-state index in [0.717, 1.165) is 0 Å². The summed E-state index contributed by atoms with van der Waals surface area (Å²) in [5.74, 6) is -0.727. The molecule has 0 radical (unpaired) electrons. The number of carboxylic acid groups (broad SMARTS) is 1. The molecule has 5 heteroatoms. The maximum atomic E-state index is 9.92. The van der Waals surface area contributed by atoms with Gasteiger partial charge in [0, 0.05) is 23.9 Å². The number of hydrogen-bond donors (Lipinski definition) is 1. The van der Waals surface area contributed by atoms with Gasteiger partial charge in [0.2, 0.25) is 0 Å². The summed E-state index contributed by atoms with van der Waals surface area (Å²) in [6.07, 6.45) is 0. The Balaban J connectivity index is 0. The van der Waals surface area contributed by atoms with Gasteiger partial charge in [-0.15, -0.1) is 0 Å². The van der Waals surface area contributed by atoms with Gasteiger partial charge in [0.25, 0.3) is 0 Å². The Hall–Kier alpha value is 1.55. The van der Waals surface area contributed by atoms with E-state index in [4.69, 9.17) is 5.11 Å². The Morgan fingerprint density at radius 2 is 2.12 bits per heavy atom. The molecule has 1 N–H and O–H groups in total. The maximum absolute atomic E-state index is 9.92. The molecule has 0 aliphatic rings. The van der Waals surface area contributed by atoms with Crippen LogP contribution in [0.5, 0.6) is 0 Å². The van der Waals surface area contributed by atoms with Gasteiger partial charge in [-0.3, -0.25) is 4.79 Å². The van der Waals surface area contributed by atoms with Crippen molar-refractivity contribution in [1.82, 2.24) is 0 Å². The van der Waals surface area contributed by atoms with Crippen LogP contribution in [0.15, 0.2) is 0 Å². The Labute approximate surface area is 87.8 Å². The minimum absolute atomic E-state index is 0. The molecular formula is C3H4I2O2Zn. The Kier molecular flexibility index (Phi) is 10.2. The number of halogens is 2. The van der Waals surface area contributed by atoms with E-state index < -0.39 is 5.97 Å². The Bertz CT molecular complexity index is 77.7. The molecule has 0 rings (SSSR count). The molecule has 0 fully saturated rings. The molecule has 2 nitrogen and oxygen atoms in total. The molecule has 0 aromatic carbocycles. The van der Waals surface area contributed by atoms with Gasteiger partial charge in [-0.1, -0.05) is 45.2 Å². The summed E-state index contributed by atoms with van der Waals surface area (Å²) in [7, 11) is 0. The van der Waals surface area contributed by atoms with Gasteiger partial charge in [0.15, 0.2) is 0 Å². The topological polar surface area (TPSA) is 37.3 Å². The molecule has 0 amide bonds. The normalized spacial score (nSPS) is 11.8. The largest absolute Gasteiger partial charge is 0.480 e. The van der Waals surface area contributed by atoms with Crippen molar-refractivity contribution >= 4 is 51.2 Å². The van der Waals surface area contributed by atoms with Crippen LogP contribution in [0.1, 0.15) is 0 Å². The minimum atomic E-state index is -0.727. The van der Waals surface area contributed by atoms with E-state index in [0.29, 0.717) is 4.43 Å². The first-order valence-corrected chi connectivity index (χ1v) is 4.38. The smallest absolute Gasteiger partial charge is 0.317 e. The van der Waals surface area contributed by atoms with Crippen LogP contribution in [0.25, 0.3) is 0 Å². The van der Waals surface area contributed by atoms with E-state index in [1.165, 1.54) is 0 Å². The first kappa shape index (κ1) is 12.3. The molecule has 0 aromatic rings. The minimum Gasteiger partial charge on any atom is -0.480 e. The van der Waals surface area contributed by atoms with Gasteiger partial charge >= 0.3 is 5.97 Å². The monoisotopic (exact) mass is 390 g/mol. The summed E-state index contributed by atoms with van der Waals surface area (Å²) in [4.78, 5) is 9.92. The average molecular weight is 391 g/mol. The van der Waals surface area contributed by atoms with Gasteiger partial charge in [0.1, 0.15) is 3.92 Å². The van der Waals surface area contributed by atoms with Crippen molar-refractivity contribution in [3.05, 3.63) is 0 Å². The molecule has 1 atom stereocenters. The molecule has 8 heavy (non-hydrogen) atoms. The van der Waals surface area contributed by atoms with E-state index in [1.54, 1.807) is 0 Å². The fourth-order valence-electron chi connectivity index (χ4n) is 0.0660. The standard InChI is InChI=1S/C3H4I2O2.Zn/c4-1-2(5)3(6)7;/h2H,1H2,(H,6,7);. The third-order valence-corrected chi connectivity index (χ3v) is 3.94. The number of alkyl halides is 2. The molecule has 0 spiro atoms. The third kappa shape index (κ3) is 5.69. The predicted octanol–water partition coefficient (Wildman–Crippen LogP) is 1.31. The second kappa shape index (κ2) is 6.67. The Morgan fingerprint density at radius 1 is 1.75 bits per heavy atom. The quantitative estimate of drug-likeness (QED) is 0.438. The Morgan fingerprint density at radius 3 is 2.12 bits per heavy atom. The van der Waals surface area contributed by atoms with Crippen molar-refractivity contribution in [2.45, 2.75) is 3.92 Å². The van der Waals surface area contributed by atoms with Crippen molar-refractivity contribution in [3.8, 4) is 0 Å². The van der Waals surface area contributed by atoms with Crippen LogP contribution in [0, 0.1) is 0 Å². The number of carboxylic acids is 1. The molecule has 44 valence electrons. The number of rotatable bonds is 2. The summed E-state index contributed by atoms with van der Waals surface area (Å²) < 4.78 is 0.450. The van der Waals surface area contributed by atoms with E-state index in [2.05, 4.69) is 0 Å². The summed E-state index contributed by atoms with van der Waals surface area (Å²) in [5, 5.41) is 8.17. The summed E-state index contributed by atoms with van der Waals surface area (Å²) >= 11 is 3.93. The molecule has 0 aromatic heterocycles. The van der Waals surface area contributed by atoms with Gasteiger partial charge < -0.3 is 5.11 Å². The summed E-state index contributed by atoms with van der Waals surface area (Å²) in [6.45, 7) is 0. The molecule has 0 bridgehead atoms. The van der Waals surface area contributed by atoms with E-state index >= 15 is 0 Å². The number of carbonyl (C=O) groups is 1. The molecule has 0 saturated carbocycles. The zero-order valence-electron chi connectivity index (χ0n) is 4.10. The van der Waals surface area contributed by atoms with Crippen LogP contribution >= 0.6 is 45.2 Å². The molecule has 0 aliphatic heterocycles. The van der Waals surface area contributed by atoms with Gasteiger partial charge in [-0.25, -0.2) is 0 Å². The van der Waals surface area contributed by atoms with Crippen LogP contribution in [-0.2, 0) is 24.3 Å². The molecular weight excluding hydrogens is 387 g/mol. The first-order valence-electron chi connectivity index (χ1n) is 1.61. The summed E-state index contributed by atoms with van der Waals surface area (Å²) in [6, 6.07) is 0. The van der Waals surface area contributed by atoms with Crippen LogP contribution in [-0.4, -0.2) is 19.4 Å². The van der Waals surface area contributed by atoms with Crippen molar-refractivity contribution in [1.29, 1.82) is 0 Å². The van der Waals surface area contributed by atoms with Crippen LogP contribution in [0.3, 0.4) is 0 Å². The first-order chi connectivity index (χ1) is 3.18.